The standard InChI is InChI=1S/C19H20N4O/c1-23(2)11-10-21-19(24)16-12-18(14-6-5-9-20-13-14)22-17-8-4-3-7-15(16)17/h3-9,12-13H,10-11H2,1-2H3,(H,21,24). The third kappa shape index (κ3) is 3.58. The quantitative estimate of drug-likeness (QED) is 0.785. The highest BCUT2D eigenvalue weighted by Crippen LogP contribution is 2.24. The van der Waals surface area contributed by atoms with Crippen LogP contribution in [0.25, 0.3) is 22.2 Å². The van der Waals surface area contributed by atoms with E-state index in [4.69, 9.17) is 0 Å². The number of hydrogen-bond acceptors (Lipinski definition) is 4. The van der Waals surface area contributed by atoms with E-state index in [0.29, 0.717) is 12.1 Å². The van der Waals surface area contributed by atoms with Crippen LogP contribution < -0.4 is 5.32 Å². The molecule has 2 heterocycles. The van der Waals surface area contributed by atoms with E-state index in [1.54, 1.807) is 12.4 Å². The van der Waals surface area contributed by atoms with Crippen molar-refractivity contribution in [3.05, 3.63) is 60.4 Å². The van der Waals surface area contributed by atoms with Crippen LogP contribution >= 0.6 is 0 Å². The molecule has 3 aromatic rings. The summed E-state index contributed by atoms with van der Waals surface area (Å²) in [5.41, 5.74) is 3.08. The minimum absolute atomic E-state index is 0.0828. The predicted molar refractivity (Wildman–Crippen MR) is 95.9 cm³/mol. The van der Waals surface area contributed by atoms with E-state index in [1.165, 1.54) is 0 Å². The van der Waals surface area contributed by atoms with E-state index in [2.05, 4.69) is 15.3 Å². The molecule has 0 saturated heterocycles. The van der Waals surface area contributed by atoms with Crippen LogP contribution in [0.15, 0.2) is 54.9 Å². The van der Waals surface area contributed by atoms with Crippen LogP contribution in [-0.2, 0) is 0 Å². The van der Waals surface area contributed by atoms with Gasteiger partial charge in [0.25, 0.3) is 5.91 Å². The maximum atomic E-state index is 12.7. The van der Waals surface area contributed by atoms with Gasteiger partial charge < -0.3 is 10.2 Å². The maximum absolute atomic E-state index is 12.7. The van der Waals surface area contributed by atoms with Crippen LogP contribution in [0.2, 0.25) is 0 Å². The van der Waals surface area contributed by atoms with Gasteiger partial charge in [0, 0.05) is 36.4 Å². The van der Waals surface area contributed by atoms with Crippen LogP contribution in [0.3, 0.4) is 0 Å². The predicted octanol–water partition coefficient (Wildman–Crippen LogP) is 2.59. The Morgan fingerprint density at radius 2 is 2.00 bits per heavy atom. The number of rotatable bonds is 5. The van der Waals surface area contributed by atoms with Crippen molar-refractivity contribution in [1.82, 2.24) is 20.2 Å². The number of nitrogens with zero attached hydrogens (tertiary/aromatic N) is 3. The van der Waals surface area contributed by atoms with Crippen molar-refractivity contribution in [2.45, 2.75) is 0 Å². The maximum Gasteiger partial charge on any atom is 0.252 e. The molecule has 0 aliphatic carbocycles. The molecule has 1 N–H and O–H groups in total. The summed E-state index contributed by atoms with van der Waals surface area (Å²) < 4.78 is 0. The molecule has 0 aliphatic heterocycles. The van der Waals surface area contributed by atoms with E-state index < -0.39 is 0 Å². The Balaban J connectivity index is 2.00. The van der Waals surface area contributed by atoms with E-state index in [0.717, 1.165) is 28.7 Å². The number of hydrogen-bond donors (Lipinski definition) is 1. The largest absolute Gasteiger partial charge is 0.351 e. The summed E-state index contributed by atoms with van der Waals surface area (Å²) in [6.07, 6.45) is 3.48. The molecule has 3 rings (SSSR count). The van der Waals surface area contributed by atoms with E-state index in [9.17, 15) is 4.79 Å². The fourth-order valence-corrected chi connectivity index (χ4v) is 2.51. The number of fused-ring (bicyclic) bond motifs is 1. The lowest BCUT2D eigenvalue weighted by Gasteiger charge is -2.12. The van der Waals surface area contributed by atoms with Crippen LogP contribution in [0.5, 0.6) is 0 Å². The van der Waals surface area contributed by atoms with Gasteiger partial charge in [0.2, 0.25) is 0 Å². The summed E-state index contributed by atoms with van der Waals surface area (Å²) in [5, 5.41) is 3.83. The minimum atomic E-state index is -0.0828. The van der Waals surface area contributed by atoms with Crippen molar-refractivity contribution in [3.8, 4) is 11.3 Å². The van der Waals surface area contributed by atoms with E-state index >= 15 is 0 Å². The normalized spacial score (nSPS) is 11.0. The van der Waals surface area contributed by atoms with Gasteiger partial charge in [-0.1, -0.05) is 18.2 Å². The molecule has 122 valence electrons. The summed E-state index contributed by atoms with van der Waals surface area (Å²) in [7, 11) is 3.96. The minimum Gasteiger partial charge on any atom is -0.351 e. The Hall–Kier alpha value is -2.79. The molecule has 5 nitrogen and oxygen atoms in total. The summed E-state index contributed by atoms with van der Waals surface area (Å²) in [6.45, 7) is 1.40. The lowest BCUT2D eigenvalue weighted by atomic mass is 10.0. The fourth-order valence-electron chi connectivity index (χ4n) is 2.51. The number of carbonyl (C=O) groups excluding carboxylic acids is 1. The summed E-state index contributed by atoms with van der Waals surface area (Å²) in [6, 6.07) is 13.3. The summed E-state index contributed by atoms with van der Waals surface area (Å²) >= 11 is 0. The molecule has 0 bridgehead atoms. The highest BCUT2D eigenvalue weighted by molar-refractivity contribution is 6.07. The van der Waals surface area contributed by atoms with Crippen LogP contribution in [0, 0.1) is 0 Å². The Morgan fingerprint density at radius 1 is 1.17 bits per heavy atom. The van der Waals surface area contributed by atoms with Crippen LogP contribution in [0.4, 0.5) is 0 Å². The lowest BCUT2D eigenvalue weighted by molar-refractivity contribution is 0.0952. The number of pyridine rings is 2. The van der Waals surface area contributed by atoms with Gasteiger partial charge in [-0.3, -0.25) is 9.78 Å². The second-order valence-corrected chi connectivity index (χ2v) is 5.87. The van der Waals surface area contributed by atoms with E-state index in [-0.39, 0.29) is 5.91 Å². The van der Waals surface area contributed by atoms with Crippen LogP contribution in [0.1, 0.15) is 10.4 Å². The summed E-state index contributed by atoms with van der Waals surface area (Å²) in [5.74, 6) is -0.0828. The third-order valence-corrected chi connectivity index (χ3v) is 3.76. The van der Waals surface area contributed by atoms with E-state index in [1.807, 2.05) is 61.5 Å². The SMILES string of the molecule is CN(C)CCNC(=O)c1cc(-c2cccnc2)nc2ccccc12. The Bertz CT molecular complexity index is 846. The molecule has 24 heavy (non-hydrogen) atoms. The number of nitrogens with one attached hydrogen (secondary N) is 1. The molecule has 0 saturated carbocycles. The number of amides is 1. The highest BCUT2D eigenvalue weighted by Gasteiger charge is 2.13. The second-order valence-electron chi connectivity index (χ2n) is 5.87. The average Bonchev–Trinajstić information content (AvgIpc) is 2.61. The first-order chi connectivity index (χ1) is 11.6. The number of para-hydroxylation sites is 1. The van der Waals surface area contributed by atoms with Crippen LogP contribution in [-0.4, -0.2) is 48.0 Å². The van der Waals surface area contributed by atoms with Crippen molar-refractivity contribution in [2.75, 3.05) is 27.2 Å². The fraction of sp³-hybridized carbons (Fsp3) is 0.211. The van der Waals surface area contributed by atoms with Crippen molar-refractivity contribution >= 4 is 16.8 Å². The first-order valence-corrected chi connectivity index (χ1v) is 7.88. The summed E-state index contributed by atoms with van der Waals surface area (Å²) in [4.78, 5) is 23.5. The Labute approximate surface area is 141 Å². The van der Waals surface area contributed by atoms with Gasteiger partial charge in [-0.15, -0.1) is 0 Å². The zero-order valence-corrected chi connectivity index (χ0v) is 13.9. The smallest absolute Gasteiger partial charge is 0.252 e. The monoisotopic (exact) mass is 320 g/mol. The highest BCUT2D eigenvalue weighted by atomic mass is 16.1. The molecular weight excluding hydrogens is 300 g/mol. The molecule has 0 radical (unpaired) electrons. The average molecular weight is 320 g/mol. The van der Waals surface area contributed by atoms with Crippen molar-refractivity contribution in [3.63, 3.8) is 0 Å². The molecular formula is C19H20N4O. The third-order valence-electron chi connectivity index (χ3n) is 3.76. The number of benzene rings is 1. The molecule has 5 heteroatoms. The first kappa shape index (κ1) is 16.1. The molecule has 2 aromatic heterocycles. The van der Waals surface area contributed by atoms with Crippen molar-refractivity contribution in [1.29, 1.82) is 0 Å². The second kappa shape index (κ2) is 7.19. The topological polar surface area (TPSA) is 58.1 Å². The Kier molecular flexibility index (Phi) is 4.82. The molecule has 1 amide bonds. The number of likely N-dealkylation sites (N-methyl/N-ethyl adjacent to an activating group) is 1. The molecule has 0 atom stereocenters. The molecule has 0 aliphatic rings. The lowest BCUT2D eigenvalue weighted by Crippen LogP contribution is -2.31. The van der Waals surface area contributed by atoms with Gasteiger partial charge in [-0.2, -0.15) is 0 Å². The zero-order chi connectivity index (χ0) is 16.9. The van der Waals surface area contributed by atoms with Gasteiger partial charge in [0.15, 0.2) is 0 Å². The van der Waals surface area contributed by atoms with Gasteiger partial charge in [-0.25, -0.2) is 4.98 Å². The van der Waals surface area contributed by atoms with Gasteiger partial charge in [-0.05, 0) is 38.4 Å². The Morgan fingerprint density at radius 3 is 2.75 bits per heavy atom. The molecule has 0 spiro atoms. The van der Waals surface area contributed by atoms with Crippen molar-refractivity contribution < 1.29 is 4.79 Å². The zero-order valence-electron chi connectivity index (χ0n) is 13.9. The first-order valence-electron chi connectivity index (χ1n) is 7.88. The molecule has 0 unspecified atom stereocenters. The number of carbonyl (C=O) groups is 1. The van der Waals surface area contributed by atoms with Crippen molar-refractivity contribution in [2.24, 2.45) is 0 Å². The molecule has 0 fully saturated rings. The van der Waals surface area contributed by atoms with Gasteiger partial charge >= 0.3 is 0 Å². The van der Waals surface area contributed by atoms with Gasteiger partial charge in [0.1, 0.15) is 0 Å². The molecule has 1 aromatic carbocycles. The number of aromatic nitrogens is 2. The van der Waals surface area contributed by atoms with Gasteiger partial charge in [0.05, 0.1) is 16.8 Å².